The van der Waals surface area contributed by atoms with Crippen molar-refractivity contribution in [2.24, 2.45) is 5.73 Å². The standard InChI is InChI=1S/C16H25N3O2/c1-11(15(21)19-16(2,3)4)18-14(20)10-13(17)12-8-6-5-7-9-12/h5-9,11,13H,10,17H2,1-4H3,(H,18,20)(H,19,21). The van der Waals surface area contributed by atoms with E-state index in [0.717, 1.165) is 5.56 Å². The maximum Gasteiger partial charge on any atom is 0.242 e. The number of rotatable bonds is 5. The normalized spacial score (nSPS) is 14.1. The smallest absolute Gasteiger partial charge is 0.242 e. The van der Waals surface area contributed by atoms with Gasteiger partial charge in [0.05, 0.1) is 0 Å². The molecule has 0 spiro atoms. The van der Waals surface area contributed by atoms with Crippen molar-refractivity contribution in [3.05, 3.63) is 35.9 Å². The van der Waals surface area contributed by atoms with Crippen LogP contribution in [0.25, 0.3) is 0 Å². The number of nitrogens with one attached hydrogen (secondary N) is 2. The molecule has 21 heavy (non-hydrogen) atoms. The lowest BCUT2D eigenvalue weighted by Gasteiger charge is -2.24. The Morgan fingerprint density at radius 1 is 1.19 bits per heavy atom. The number of hydrogen-bond acceptors (Lipinski definition) is 3. The number of benzene rings is 1. The van der Waals surface area contributed by atoms with E-state index >= 15 is 0 Å². The van der Waals surface area contributed by atoms with Crippen molar-refractivity contribution in [3.8, 4) is 0 Å². The van der Waals surface area contributed by atoms with E-state index in [9.17, 15) is 9.59 Å². The van der Waals surface area contributed by atoms with E-state index in [1.165, 1.54) is 0 Å². The highest BCUT2D eigenvalue weighted by Crippen LogP contribution is 2.13. The summed E-state index contributed by atoms with van der Waals surface area (Å²) in [5.41, 5.74) is 6.57. The van der Waals surface area contributed by atoms with E-state index in [4.69, 9.17) is 5.73 Å². The minimum Gasteiger partial charge on any atom is -0.350 e. The maximum absolute atomic E-state index is 11.9. The van der Waals surface area contributed by atoms with Crippen molar-refractivity contribution in [2.45, 2.75) is 51.7 Å². The third-order valence-corrected chi connectivity index (χ3v) is 2.90. The van der Waals surface area contributed by atoms with Gasteiger partial charge in [-0.2, -0.15) is 0 Å². The summed E-state index contributed by atoms with van der Waals surface area (Å²) in [6.45, 7) is 7.34. The van der Waals surface area contributed by atoms with E-state index in [0.29, 0.717) is 0 Å². The molecule has 1 aromatic rings. The summed E-state index contributed by atoms with van der Waals surface area (Å²) in [4.78, 5) is 23.8. The molecule has 5 nitrogen and oxygen atoms in total. The zero-order chi connectivity index (χ0) is 16.0. The van der Waals surface area contributed by atoms with E-state index < -0.39 is 6.04 Å². The second-order valence-corrected chi connectivity index (χ2v) is 6.25. The molecule has 116 valence electrons. The lowest BCUT2D eigenvalue weighted by molar-refractivity contribution is -0.129. The second-order valence-electron chi connectivity index (χ2n) is 6.25. The lowest BCUT2D eigenvalue weighted by Crippen LogP contribution is -2.51. The van der Waals surface area contributed by atoms with Crippen LogP contribution in [0.1, 0.15) is 45.7 Å². The zero-order valence-electron chi connectivity index (χ0n) is 13.1. The molecule has 1 aromatic carbocycles. The summed E-state index contributed by atoms with van der Waals surface area (Å²) >= 11 is 0. The van der Waals surface area contributed by atoms with Crippen LogP contribution in [0, 0.1) is 0 Å². The van der Waals surface area contributed by atoms with Crippen molar-refractivity contribution in [3.63, 3.8) is 0 Å². The Balaban J connectivity index is 2.48. The Morgan fingerprint density at radius 2 is 1.76 bits per heavy atom. The van der Waals surface area contributed by atoms with Crippen LogP contribution < -0.4 is 16.4 Å². The van der Waals surface area contributed by atoms with Crippen molar-refractivity contribution < 1.29 is 9.59 Å². The van der Waals surface area contributed by atoms with Gasteiger partial charge in [-0.15, -0.1) is 0 Å². The number of amides is 2. The highest BCUT2D eigenvalue weighted by Gasteiger charge is 2.21. The molecule has 2 unspecified atom stereocenters. The van der Waals surface area contributed by atoms with Crippen LogP contribution in [0.2, 0.25) is 0 Å². The Hall–Kier alpha value is -1.88. The van der Waals surface area contributed by atoms with E-state index in [2.05, 4.69) is 10.6 Å². The molecule has 0 heterocycles. The first kappa shape index (κ1) is 17.2. The predicted molar refractivity (Wildman–Crippen MR) is 83.5 cm³/mol. The molecule has 0 aliphatic carbocycles. The number of carbonyl (C=O) groups is 2. The fourth-order valence-electron chi connectivity index (χ4n) is 1.86. The Morgan fingerprint density at radius 3 is 2.29 bits per heavy atom. The van der Waals surface area contributed by atoms with Gasteiger partial charge in [0.15, 0.2) is 0 Å². The average molecular weight is 291 g/mol. The average Bonchev–Trinajstić information content (AvgIpc) is 2.37. The first-order valence-electron chi connectivity index (χ1n) is 7.11. The topological polar surface area (TPSA) is 84.2 Å². The van der Waals surface area contributed by atoms with Gasteiger partial charge in [-0.25, -0.2) is 0 Å². The molecule has 0 saturated heterocycles. The molecule has 4 N–H and O–H groups in total. The van der Waals surface area contributed by atoms with Gasteiger partial charge in [0, 0.05) is 18.0 Å². The quantitative estimate of drug-likeness (QED) is 0.768. The SMILES string of the molecule is CC(NC(=O)CC(N)c1ccccc1)C(=O)NC(C)(C)C. The predicted octanol–water partition coefficient (Wildman–Crippen LogP) is 1.50. The molecular weight excluding hydrogens is 266 g/mol. The van der Waals surface area contributed by atoms with Crippen molar-refractivity contribution in [1.82, 2.24) is 10.6 Å². The monoisotopic (exact) mass is 291 g/mol. The summed E-state index contributed by atoms with van der Waals surface area (Å²) < 4.78 is 0. The maximum atomic E-state index is 11.9. The van der Waals surface area contributed by atoms with E-state index in [-0.39, 0.29) is 29.8 Å². The van der Waals surface area contributed by atoms with Gasteiger partial charge in [0.1, 0.15) is 6.04 Å². The highest BCUT2D eigenvalue weighted by molar-refractivity contribution is 5.87. The van der Waals surface area contributed by atoms with Crippen LogP contribution in [0.15, 0.2) is 30.3 Å². The highest BCUT2D eigenvalue weighted by atomic mass is 16.2. The summed E-state index contributed by atoms with van der Waals surface area (Å²) in [6.07, 6.45) is 0.150. The summed E-state index contributed by atoms with van der Waals surface area (Å²) in [7, 11) is 0. The molecule has 5 heteroatoms. The third-order valence-electron chi connectivity index (χ3n) is 2.90. The van der Waals surface area contributed by atoms with Gasteiger partial charge in [-0.3, -0.25) is 9.59 Å². The molecule has 2 amide bonds. The number of carbonyl (C=O) groups excluding carboxylic acids is 2. The van der Waals surface area contributed by atoms with Gasteiger partial charge < -0.3 is 16.4 Å². The third kappa shape index (κ3) is 6.40. The molecule has 1 rings (SSSR count). The van der Waals surface area contributed by atoms with E-state index in [1.54, 1.807) is 6.92 Å². The number of hydrogen-bond donors (Lipinski definition) is 3. The van der Waals surface area contributed by atoms with Gasteiger partial charge in [0.25, 0.3) is 0 Å². The Bertz CT molecular complexity index is 480. The van der Waals surface area contributed by atoms with Crippen molar-refractivity contribution in [1.29, 1.82) is 0 Å². The summed E-state index contributed by atoms with van der Waals surface area (Å²) in [6, 6.07) is 8.47. The first-order valence-corrected chi connectivity index (χ1v) is 7.11. The van der Waals surface area contributed by atoms with E-state index in [1.807, 2.05) is 51.1 Å². The minimum absolute atomic E-state index is 0.150. The Kier molecular flexibility index (Phi) is 5.90. The van der Waals surface area contributed by atoms with Crippen molar-refractivity contribution in [2.75, 3.05) is 0 Å². The van der Waals surface area contributed by atoms with Gasteiger partial charge in [-0.05, 0) is 33.3 Å². The molecule has 2 atom stereocenters. The van der Waals surface area contributed by atoms with Crippen LogP contribution in [-0.2, 0) is 9.59 Å². The molecule has 0 saturated carbocycles. The zero-order valence-corrected chi connectivity index (χ0v) is 13.1. The molecular formula is C16H25N3O2. The fraction of sp³-hybridized carbons (Fsp3) is 0.500. The fourth-order valence-corrected chi connectivity index (χ4v) is 1.86. The largest absolute Gasteiger partial charge is 0.350 e. The molecule has 0 radical (unpaired) electrons. The van der Waals surface area contributed by atoms with Crippen LogP contribution in [0.3, 0.4) is 0 Å². The number of nitrogens with two attached hydrogens (primary N) is 1. The molecule has 0 aliphatic heterocycles. The van der Waals surface area contributed by atoms with Gasteiger partial charge >= 0.3 is 0 Å². The van der Waals surface area contributed by atoms with Crippen LogP contribution in [-0.4, -0.2) is 23.4 Å². The second kappa shape index (κ2) is 7.22. The first-order chi connectivity index (χ1) is 9.69. The molecule has 0 aliphatic rings. The summed E-state index contributed by atoms with van der Waals surface area (Å²) in [5.74, 6) is -0.438. The van der Waals surface area contributed by atoms with Crippen molar-refractivity contribution >= 4 is 11.8 Å². The van der Waals surface area contributed by atoms with Gasteiger partial charge in [-0.1, -0.05) is 30.3 Å². The molecule has 0 bridgehead atoms. The summed E-state index contributed by atoms with van der Waals surface area (Å²) in [5, 5.41) is 5.50. The molecule has 0 aromatic heterocycles. The van der Waals surface area contributed by atoms with Crippen LogP contribution in [0.5, 0.6) is 0 Å². The molecule has 0 fully saturated rings. The van der Waals surface area contributed by atoms with Crippen LogP contribution in [0.4, 0.5) is 0 Å². The Labute approximate surface area is 126 Å². The lowest BCUT2D eigenvalue weighted by atomic mass is 10.0. The van der Waals surface area contributed by atoms with Gasteiger partial charge in [0.2, 0.25) is 11.8 Å². The minimum atomic E-state index is -0.584. The van der Waals surface area contributed by atoms with Crippen LogP contribution >= 0.6 is 0 Å².